The summed E-state index contributed by atoms with van der Waals surface area (Å²) in [5.74, 6) is 8.59. The van der Waals surface area contributed by atoms with Gasteiger partial charge in [0.05, 0.1) is 34.2 Å². The fraction of sp³-hybridized carbons (Fsp3) is 0.400. The zero-order valence-electron chi connectivity index (χ0n) is 21.9. The summed E-state index contributed by atoms with van der Waals surface area (Å²) in [6.45, 7) is 5.40. The van der Waals surface area contributed by atoms with E-state index in [0.29, 0.717) is 12.8 Å². The topological polar surface area (TPSA) is 98.0 Å². The highest BCUT2D eigenvalue weighted by Gasteiger charge is 2.32. The minimum Gasteiger partial charge on any atom is -0.340 e. The van der Waals surface area contributed by atoms with E-state index in [1.165, 1.54) is 0 Å². The average Bonchev–Trinajstić information content (AvgIpc) is 3.74. The smallest absolute Gasteiger partial charge is 0.222 e. The molecule has 2 amide bonds. The van der Waals surface area contributed by atoms with E-state index in [1.54, 1.807) is 0 Å². The molecule has 0 radical (unpaired) electrons. The molecule has 2 aliphatic rings. The maximum absolute atomic E-state index is 12.3. The zero-order chi connectivity index (χ0) is 26.2. The van der Waals surface area contributed by atoms with Gasteiger partial charge in [-0.05, 0) is 62.1 Å². The fourth-order valence-electron chi connectivity index (χ4n) is 5.77. The third-order valence-electron chi connectivity index (χ3n) is 7.74. The summed E-state index contributed by atoms with van der Waals surface area (Å²) >= 11 is 0. The Labute approximate surface area is 221 Å². The van der Waals surface area contributed by atoms with E-state index in [4.69, 9.17) is 9.97 Å². The van der Waals surface area contributed by atoms with Crippen molar-refractivity contribution in [2.45, 2.75) is 64.5 Å². The molecule has 2 atom stereocenters. The number of carbonyl (C=O) groups excluding carboxylic acids is 2. The van der Waals surface area contributed by atoms with Gasteiger partial charge in [0.25, 0.3) is 0 Å². The molecule has 38 heavy (non-hydrogen) atoms. The van der Waals surface area contributed by atoms with Crippen molar-refractivity contribution in [3.05, 3.63) is 59.2 Å². The Morgan fingerprint density at radius 1 is 0.789 bits per heavy atom. The molecular weight excluding hydrogens is 476 g/mol. The van der Waals surface area contributed by atoms with E-state index >= 15 is 0 Å². The molecule has 0 unspecified atom stereocenters. The Morgan fingerprint density at radius 3 is 1.66 bits per heavy atom. The van der Waals surface area contributed by atoms with Gasteiger partial charge in [-0.15, -0.1) is 0 Å². The molecular formula is C30H32N6O2. The summed E-state index contributed by atoms with van der Waals surface area (Å²) in [6.07, 6.45) is 4.90. The quantitative estimate of drug-likeness (QED) is 0.380. The SMILES string of the molecule is CCC(=O)N1CCC[C@H]1c1nc2cc(C#Cc3ccc4[nH]c([C@@H]5CCCN5C(=O)CC)nc4c3)ccc2[nH]1. The van der Waals surface area contributed by atoms with Crippen molar-refractivity contribution in [2.75, 3.05) is 13.1 Å². The number of aromatic nitrogens is 4. The number of hydrogen-bond acceptors (Lipinski definition) is 4. The molecule has 0 spiro atoms. The third-order valence-corrected chi connectivity index (χ3v) is 7.74. The Kier molecular flexibility index (Phi) is 6.36. The molecule has 8 nitrogen and oxygen atoms in total. The van der Waals surface area contributed by atoms with Crippen LogP contribution >= 0.6 is 0 Å². The molecule has 194 valence electrons. The van der Waals surface area contributed by atoms with E-state index < -0.39 is 0 Å². The first-order chi connectivity index (χ1) is 18.5. The van der Waals surface area contributed by atoms with Crippen LogP contribution in [0.3, 0.4) is 0 Å². The van der Waals surface area contributed by atoms with Crippen molar-refractivity contribution in [1.82, 2.24) is 29.7 Å². The monoisotopic (exact) mass is 508 g/mol. The Balaban J connectivity index is 1.23. The zero-order valence-corrected chi connectivity index (χ0v) is 21.9. The number of hydrogen-bond donors (Lipinski definition) is 2. The lowest BCUT2D eigenvalue weighted by Gasteiger charge is -2.22. The maximum Gasteiger partial charge on any atom is 0.222 e. The number of imidazole rings is 2. The Hall–Kier alpha value is -4.12. The highest BCUT2D eigenvalue weighted by atomic mass is 16.2. The van der Waals surface area contributed by atoms with Crippen LogP contribution in [0.1, 0.15) is 87.2 Å². The van der Waals surface area contributed by atoms with E-state index in [-0.39, 0.29) is 23.9 Å². The largest absolute Gasteiger partial charge is 0.340 e. The Morgan fingerprint density at radius 2 is 1.24 bits per heavy atom. The number of nitrogens with one attached hydrogen (secondary N) is 2. The number of benzene rings is 2. The molecule has 6 rings (SSSR count). The molecule has 0 aliphatic carbocycles. The summed E-state index contributed by atoms with van der Waals surface area (Å²) in [6, 6.07) is 12.0. The predicted molar refractivity (Wildman–Crippen MR) is 146 cm³/mol. The highest BCUT2D eigenvalue weighted by Crippen LogP contribution is 2.33. The van der Waals surface area contributed by atoms with Gasteiger partial charge in [-0.2, -0.15) is 0 Å². The third kappa shape index (κ3) is 4.43. The van der Waals surface area contributed by atoms with E-state index in [9.17, 15) is 9.59 Å². The molecule has 2 fully saturated rings. The predicted octanol–water partition coefficient (Wildman–Crippen LogP) is 4.99. The van der Waals surface area contributed by atoms with E-state index in [0.717, 1.165) is 83.6 Å². The van der Waals surface area contributed by atoms with Gasteiger partial charge < -0.3 is 19.8 Å². The first kappa shape index (κ1) is 24.2. The fourth-order valence-corrected chi connectivity index (χ4v) is 5.77. The number of likely N-dealkylation sites (tertiary alicyclic amines) is 2. The van der Waals surface area contributed by atoms with Crippen LogP contribution in [0.4, 0.5) is 0 Å². The number of amides is 2. The lowest BCUT2D eigenvalue weighted by molar-refractivity contribution is -0.132. The summed E-state index contributed by atoms with van der Waals surface area (Å²) in [5, 5.41) is 0. The van der Waals surface area contributed by atoms with Crippen LogP contribution < -0.4 is 0 Å². The van der Waals surface area contributed by atoms with Crippen LogP contribution in [0, 0.1) is 11.8 Å². The second-order valence-corrected chi connectivity index (χ2v) is 10.2. The van der Waals surface area contributed by atoms with Crippen molar-refractivity contribution >= 4 is 33.9 Å². The van der Waals surface area contributed by atoms with Gasteiger partial charge in [0, 0.05) is 37.1 Å². The van der Waals surface area contributed by atoms with Crippen LogP contribution in [0.25, 0.3) is 22.1 Å². The second-order valence-electron chi connectivity index (χ2n) is 10.2. The molecule has 0 bridgehead atoms. The van der Waals surface area contributed by atoms with Crippen LogP contribution in [-0.4, -0.2) is 54.6 Å². The van der Waals surface area contributed by atoms with Crippen LogP contribution in [-0.2, 0) is 9.59 Å². The highest BCUT2D eigenvalue weighted by molar-refractivity contribution is 5.80. The molecule has 2 aromatic carbocycles. The normalized spacial score (nSPS) is 19.3. The van der Waals surface area contributed by atoms with Gasteiger partial charge in [-0.25, -0.2) is 9.97 Å². The molecule has 2 saturated heterocycles. The standard InChI is InChI=1S/C30H32N6O2/c1-3-27(37)35-15-5-7-25(35)29-31-21-13-11-19(17-23(21)33-29)9-10-20-12-14-22-24(18-20)34-30(32-22)26-8-6-16-36(26)28(38)4-2/h11-14,17-18,25-26H,3-8,15-16H2,1-2H3,(H,31,33)(H,32,34)/t25-,26-/m0/s1. The van der Waals surface area contributed by atoms with E-state index in [1.807, 2.05) is 60.0 Å². The second kappa shape index (κ2) is 9.97. The van der Waals surface area contributed by atoms with Gasteiger partial charge in [0.2, 0.25) is 11.8 Å². The molecule has 4 aromatic rings. The molecule has 0 saturated carbocycles. The van der Waals surface area contributed by atoms with Crippen molar-refractivity contribution < 1.29 is 9.59 Å². The van der Waals surface area contributed by atoms with Gasteiger partial charge in [-0.1, -0.05) is 25.7 Å². The first-order valence-electron chi connectivity index (χ1n) is 13.6. The number of aromatic amines is 2. The summed E-state index contributed by atoms with van der Waals surface area (Å²) < 4.78 is 0. The summed E-state index contributed by atoms with van der Waals surface area (Å²) in [5.41, 5.74) is 5.39. The van der Waals surface area contributed by atoms with E-state index in [2.05, 4.69) is 21.8 Å². The summed E-state index contributed by atoms with van der Waals surface area (Å²) in [7, 11) is 0. The van der Waals surface area contributed by atoms with Crippen LogP contribution in [0.5, 0.6) is 0 Å². The van der Waals surface area contributed by atoms with Crippen LogP contribution in [0.15, 0.2) is 36.4 Å². The number of H-pyrrole nitrogens is 2. The summed E-state index contributed by atoms with van der Waals surface area (Å²) in [4.78, 5) is 45.0. The minimum absolute atomic E-state index is 0.0197. The molecule has 2 aromatic heterocycles. The number of carbonyl (C=O) groups is 2. The minimum atomic E-state index is 0.0197. The van der Waals surface area contributed by atoms with Crippen molar-refractivity contribution in [2.24, 2.45) is 0 Å². The van der Waals surface area contributed by atoms with Gasteiger partial charge in [-0.3, -0.25) is 9.59 Å². The Bertz CT molecular complexity index is 1470. The lowest BCUT2D eigenvalue weighted by Crippen LogP contribution is -2.30. The van der Waals surface area contributed by atoms with Crippen molar-refractivity contribution in [3.63, 3.8) is 0 Å². The van der Waals surface area contributed by atoms with Gasteiger partial charge in [0.1, 0.15) is 11.6 Å². The maximum atomic E-state index is 12.3. The van der Waals surface area contributed by atoms with Gasteiger partial charge >= 0.3 is 0 Å². The lowest BCUT2D eigenvalue weighted by atomic mass is 10.1. The molecule has 2 aliphatic heterocycles. The van der Waals surface area contributed by atoms with Gasteiger partial charge in [0.15, 0.2) is 0 Å². The van der Waals surface area contributed by atoms with Crippen molar-refractivity contribution in [1.29, 1.82) is 0 Å². The number of rotatable bonds is 4. The first-order valence-corrected chi connectivity index (χ1v) is 13.6. The van der Waals surface area contributed by atoms with Crippen LogP contribution in [0.2, 0.25) is 0 Å². The van der Waals surface area contributed by atoms with Crippen molar-refractivity contribution in [3.8, 4) is 11.8 Å². The average molecular weight is 509 g/mol. The number of nitrogens with zero attached hydrogens (tertiary/aromatic N) is 4. The molecule has 4 heterocycles. The molecule has 8 heteroatoms. The number of fused-ring (bicyclic) bond motifs is 2. The molecule has 2 N–H and O–H groups in total.